The number of methoxy groups -OCH3 is 1. The van der Waals surface area contributed by atoms with Crippen LogP contribution in [0.2, 0.25) is 0 Å². The summed E-state index contributed by atoms with van der Waals surface area (Å²) in [5, 5.41) is 11.3. The number of esters is 3. The van der Waals surface area contributed by atoms with Crippen LogP contribution in [0.4, 0.5) is 11.4 Å². The molecule has 0 spiro atoms. The van der Waals surface area contributed by atoms with Gasteiger partial charge in [-0.2, -0.15) is 0 Å². The van der Waals surface area contributed by atoms with Crippen molar-refractivity contribution < 1.29 is 43.1 Å². The van der Waals surface area contributed by atoms with Gasteiger partial charge in [0.05, 0.1) is 25.1 Å². The summed E-state index contributed by atoms with van der Waals surface area (Å²) in [7, 11) is 1.12. The molecule has 0 aromatic heterocycles. The number of hydrogen-bond donors (Lipinski definition) is 0. The van der Waals surface area contributed by atoms with E-state index in [0.29, 0.717) is 0 Å². The first-order valence-electron chi connectivity index (χ1n) is 10.5. The first-order valence-corrected chi connectivity index (χ1v) is 10.5. The molecule has 0 radical (unpaired) electrons. The highest BCUT2D eigenvalue weighted by atomic mass is 16.6. The van der Waals surface area contributed by atoms with E-state index in [2.05, 4.69) is 0 Å². The van der Waals surface area contributed by atoms with Crippen LogP contribution in [0.25, 0.3) is 0 Å². The number of rotatable bonds is 7. The number of para-hydroxylation sites is 2. The van der Waals surface area contributed by atoms with Gasteiger partial charge in [0.25, 0.3) is 5.69 Å². The molecular formula is C23H21N3O10. The van der Waals surface area contributed by atoms with Gasteiger partial charge in [0.2, 0.25) is 11.8 Å². The Morgan fingerprint density at radius 1 is 0.944 bits per heavy atom. The van der Waals surface area contributed by atoms with Crippen LogP contribution in [0.1, 0.15) is 29.8 Å². The summed E-state index contributed by atoms with van der Waals surface area (Å²) in [6, 6.07) is 8.08. The first kappa shape index (κ1) is 26.0. The second kappa shape index (κ2) is 10.7. The molecule has 1 aliphatic rings. The summed E-state index contributed by atoms with van der Waals surface area (Å²) in [6.07, 6.45) is 0. The number of imide groups is 1. The van der Waals surface area contributed by atoms with Crippen LogP contribution in [-0.2, 0) is 30.5 Å². The number of amides is 2. The number of carbonyl (C=O) groups is 5. The van der Waals surface area contributed by atoms with Gasteiger partial charge in [-0.25, -0.2) is 9.69 Å². The maximum absolute atomic E-state index is 12.9. The van der Waals surface area contributed by atoms with Crippen molar-refractivity contribution in [2.45, 2.75) is 20.4 Å². The second-order valence-corrected chi connectivity index (χ2v) is 7.62. The molecule has 2 aromatic carbocycles. The Hall–Kier alpha value is -4.65. The van der Waals surface area contributed by atoms with Crippen LogP contribution in [0, 0.1) is 10.1 Å². The van der Waals surface area contributed by atoms with Crippen LogP contribution < -0.4 is 14.4 Å². The number of nitrogens with zero attached hydrogens (tertiary/aromatic N) is 3. The lowest BCUT2D eigenvalue weighted by atomic mass is 10.1. The normalized spacial score (nSPS) is 13.8. The van der Waals surface area contributed by atoms with E-state index < -0.39 is 40.3 Å². The predicted octanol–water partition coefficient (Wildman–Crippen LogP) is 1.61. The number of anilines is 1. The third kappa shape index (κ3) is 5.52. The molecule has 0 atom stereocenters. The lowest BCUT2D eigenvalue weighted by molar-refractivity contribution is -0.384. The van der Waals surface area contributed by atoms with E-state index in [9.17, 15) is 34.1 Å². The third-order valence-corrected chi connectivity index (χ3v) is 5.02. The van der Waals surface area contributed by atoms with Crippen molar-refractivity contribution in [2.24, 2.45) is 0 Å². The molecule has 36 heavy (non-hydrogen) atoms. The van der Waals surface area contributed by atoms with Gasteiger partial charge in [-0.1, -0.05) is 18.2 Å². The van der Waals surface area contributed by atoms with E-state index in [1.54, 1.807) is 0 Å². The molecule has 0 aliphatic carbocycles. The Bertz CT molecular complexity index is 1250. The van der Waals surface area contributed by atoms with Crippen molar-refractivity contribution in [3.05, 3.63) is 57.6 Å². The zero-order valence-electron chi connectivity index (χ0n) is 19.5. The van der Waals surface area contributed by atoms with Gasteiger partial charge in [-0.05, 0) is 12.1 Å². The Morgan fingerprint density at radius 3 is 2.08 bits per heavy atom. The molecule has 2 amide bonds. The average Bonchev–Trinajstić information content (AvgIpc) is 2.80. The highest BCUT2D eigenvalue weighted by Gasteiger charge is 2.36. The Balaban J connectivity index is 1.95. The van der Waals surface area contributed by atoms with E-state index in [-0.39, 0.29) is 47.9 Å². The quantitative estimate of drug-likeness (QED) is 0.179. The van der Waals surface area contributed by atoms with E-state index in [1.807, 2.05) is 0 Å². The maximum Gasteiger partial charge on any atom is 0.341 e. The van der Waals surface area contributed by atoms with Gasteiger partial charge in [-0.3, -0.25) is 34.2 Å². The van der Waals surface area contributed by atoms with Crippen molar-refractivity contribution in [3.63, 3.8) is 0 Å². The van der Waals surface area contributed by atoms with Crippen LogP contribution in [0.5, 0.6) is 11.5 Å². The number of ether oxygens (including phenoxy) is 3. The number of hydrogen-bond acceptors (Lipinski definition) is 11. The molecule has 13 nitrogen and oxygen atoms in total. The fraction of sp³-hybridized carbons (Fsp3) is 0.261. The number of piperazine rings is 1. The standard InChI is InChI=1S/C23H21N3O10/c1-13(27)35-21-15(8-9-16(23(31)34-3)22(21)36-14(2)28)10-24-11-19(29)25(20(30)12-24)17-6-4-5-7-18(17)26(32)33/h4-9H,10-12H2,1-3H3. The van der Waals surface area contributed by atoms with Crippen molar-refractivity contribution in [3.8, 4) is 11.5 Å². The molecule has 0 unspecified atom stereocenters. The van der Waals surface area contributed by atoms with Crippen LogP contribution in [0.15, 0.2) is 36.4 Å². The molecular weight excluding hydrogens is 478 g/mol. The van der Waals surface area contributed by atoms with Crippen molar-refractivity contribution in [2.75, 3.05) is 25.1 Å². The summed E-state index contributed by atoms with van der Waals surface area (Å²) >= 11 is 0. The Kier molecular flexibility index (Phi) is 7.74. The Labute approximate surface area is 204 Å². The second-order valence-electron chi connectivity index (χ2n) is 7.62. The summed E-state index contributed by atoms with van der Waals surface area (Å²) in [5.74, 6) is -4.44. The SMILES string of the molecule is COC(=O)c1ccc(CN2CC(=O)N(c3ccccc3[N+](=O)[O-])C(=O)C2)c(OC(C)=O)c1OC(C)=O. The lowest BCUT2D eigenvalue weighted by Gasteiger charge is -2.32. The molecule has 1 heterocycles. The summed E-state index contributed by atoms with van der Waals surface area (Å²) in [5.41, 5.74) is -0.485. The predicted molar refractivity (Wildman–Crippen MR) is 121 cm³/mol. The minimum Gasteiger partial charge on any atom is -0.465 e. The minimum atomic E-state index is -0.852. The highest BCUT2D eigenvalue weighted by molar-refractivity contribution is 6.18. The van der Waals surface area contributed by atoms with Gasteiger partial charge >= 0.3 is 17.9 Å². The smallest absolute Gasteiger partial charge is 0.341 e. The molecule has 188 valence electrons. The number of nitro groups is 1. The Morgan fingerprint density at radius 2 is 1.53 bits per heavy atom. The van der Waals surface area contributed by atoms with Gasteiger partial charge in [0.15, 0.2) is 11.5 Å². The van der Waals surface area contributed by atoms with Gasteiger partial charge in [0, 0.05) is 32.0 Å². The van der Waals surface area contributed by atoms with Crippen LogP contribution >= 0.6 is 0 Å². The van der Waals surface area contributed by atoms with Gasteiger partial charge < -0.3 is 14.2 Å². The highest BCUT2D eigenvalue weighted by Crippen LogP contribution is 2.37. The molecule has 0 bridgehead atoms. The number of carbonyl (C=O) groups excluding carboxylic acids is 5. The maximum atomic E-state index is 12.9. The first-order chi connectivity index (χ1) is 17.0. The number of nitro benzene ring substituents is 1. The van der Waals surface area contributed by atoms with Crippen LogP contribution in [-0.4, -0.2) is 59.7 Å². The van der Waals surface area contributed by atoms with Crippen molar-refractivity contribution >= 4 is 41.1 Å². The molecule has 1 aliphatic heterocycles. The monoisotopic (exact) mass is 499 g/mol. The van der Waals surface area contributed by atoms with Crippen LogP contribution in [0.3, 0.4) is 0 Å². The molecule has 13 heteroatoms. The lowest BCUT2D eigenvalue weighted by Crippen LogP contribution is -2.54. The zero-order chi connectivity index (χ0) is 26.6. The average molecular weight is 499 g/mol. The molecule has 0 saturated carbocycles. The summed E-state index contributed by atoms with van der Waals surface area (Å²) < 4.78 is 15.1. The van der Waals surface area contributed by atoms with Crippen molar-refractivity contribution in [1.82, 2.24) is 4.90 Å². The largest absolute Gasteiger partial charge is 0.465 e. The minimum absolute atomic E-state index is 0.124. The van der Waals surface area contributed by atoms with Gasteiger partial charge in [0.1, 0.15) is 11.3 Å². The molecule has 0 N–H and O–H groups in total. The summed E-state index contributed by atoms with van der Waals surface area (Å²) in [4.78, 5) is 74.2. The topological polar surface area (TPSA) is 163 Å². The molecule has 1 fully saturated rings. The molecule has 3 rings (SSSR count). The molecule has 1 saturated heterocycles. The zero-order valence-corrected chi connectivity index (χ0v) is 19.5. The summed E-state index contributed by atoms with van der Waals surface area (Å²) in [6.45, 7) is 1.45. The van der Waals surface area contributed by atoms with E-state index in [1.165, 1.54) is 41.3 Å². The molecule has 2 aromatic rings. The van der Waals surface area contributed by atoms with E-state index in [4.69, 9.17) is 14.2 Å². The van der Waals surface area contributed by atoms with E-state index in [0.717, 1.165) is 25.9 Å². The van der Waals surface area contributed by atoms with Gasteiger partial charge in [-0.15, -0.1) is 0 Å². The fourth-order valence-electron chi connectivity index (χ4n) is 3.65. The number of benzene rings is 2. The van der Waals surface area contributed by atoms with E-state index >= 15 is 0 Å². The van der Waals surface area contributed by atoms with Crippen molar-refractivity contribution in [1.29, 1.82) is 0 Å². The fourth-order valence-corrected chi connectivity index (χ4v) is 3.65. The third-order valence-electron chi connectivity index (χ3n) is 5.02.